The molecule has 0 aliphatic carbocycles. The molecule has 7 nitrogen and oxygen atoms in total. The summed E-state index contributed by atoms with van der Waals surface area (Å²) in [6, 6.07) is 17.8. The van der Waals surface area contributed by atoms with Gasteiger partial charge in [-0.3, -0.25) is 0 Å². The zero-order chi connectivity index (χ0) is 22.8. The third kappa shape index (κ3) is 16.8. The van der Waals surface area contributed by atoms with Crippen molar-refractivity contribution in [2.24, 2.45) is 0 Å². The first-order valence-corrected chi connectivity index (χ1v) is 7.30. The fourth-order valence-electron chi connectivity index (χ4n) is 1.57. The molecule has 0 amide bonds. The van der Waals surface area contributed by atoms with Gasteiger partial charge in [0.2, 0.25) is 0 Å². The molecule has 0 bridgehead atoms. The quantitative estimate of drug-likeness (QED) is 0.548. The van der Waals surface area contributed by atoms with Gasteiger partial charge in [0.15, 0.2) is 0 Å². The second-order valence-corrected chi connectivity index (χ2v) is 4.37. The predicted octanol–water partition coefficient (Wildman–Crippen LogP) is 2.75. The molecule has 142 valence electrons. The maximum atomic E-state index is 7.50. The van der Waals surface area contributed by atoms with Crippen molar-refractivity contribution in [3.05, 3.63) is 99.0 Å². The van der Waals surface area contributed by atoms with E-state index in [4.69, 9.17) is 32.7 Å². The Morgan fingerprint density at radius 2 is 1.29 bits per heavy atom. The summed E-state index contributed by atoms with van der Waals surface area (Å²) in [6.07, 6.45) is 0. The van der Waals surface area contributed by atoms with Gasteiger partial charge < -0.3 is 0 Å². The molecule has 0 aliphatic rings. The molecule has 0 heterocycles. The summed E-state index contributed by atoms with van der Waals surface area (Å²) in [5.74, 6) is 0.845. The van der Waals surface area contributed by atoms with E-state index < -0.39 is 0 Å². The van der Waals surface area contributed by atoms with Crippen LogP contribution in [0.25, 0.3) is 0 Å². The molecular formula is C20H14CrO7. The Kier molecular flexibility index (Phi) is 34.2. The summed E-state index contributed by atoms with van der Waals surface area (Å²) >= 11 is 2.96. The van der Waals surface area contributed by atoms with E-state index in [0.29, 0.717) is 6.61 Å². The molecule has 0 N–H and O–H groups in total. The Hall–Kier alpha value is -2.70. The zero-order valence-electron chi connectivity index (χ0n) is 14.7. The molecule has 0 fully saturated rings. The van der Waals surface area contributed by atoms with Crippen LogP contribution in [0, 0.1) is 33.3 Å². The number of hydrogen-bond acceptors (Lipinski definition) is 2. The number of benzene rings is 2. The summed E-state index contributed by atoms with van der Waals surface area (Å²) in [7, 11) is 1.66. The van der Waals surface area contributed by atoms with Crippen LogP contribution < -0.4 is 4.74 Å². The predicted molar refractivity (Wildman–Crippen MR) is 88.0 cm³/mol. The topological polar surface area (TPSA) is 118 Å². The van der Waals surface area contributed by atoms with E-state index in [-0.39, 0.29) is 0 Å². The van der Waals surface area contributed by atoms with E-state index in [9.17, 15) is 0 Å². The van der Waals surface area contributed by atoms with E-state index in [2.05, 4.69) is 49.1 Å². The second kappa shape index (κ2) is 29.1. The monoisotopic (exact) mass is 418 g/mol. The fraction of sp³-hybridized carbons (Fsp3) is 0.100. The number of hydrogen-bond donors (Lipinski definition) is 0. The summed E-state index contributed by atoms with van der Waals surface area (Å²) in [5, 5.41) is 0. The molecule has 0 aromatic heterocycles. The van der Waals surface area contributed by atoms with Crippen molar-refractivity contribution in [1.82, 2.24) is 0 Å². The van der Waals surface area contributed by atoms with Gasteiger partial charge in [-0.15, -0.1) is 0 Å². The van der Waals surface area contributed by atoms with Gasteiger partial charge in [-0.1, -0.05) is 0 Å². The molecule has 0 spiro atoms. The Bertz CT molecular complexity index is 697. The van der Waals surface area contributed by atoms with Crippen molar-refractivity contribution in [1.29, 1.82) is 0 Å². The normalized spacial score (nSPS) is 6.82. The Morgan fingerprint density at radius 3 is 1.75 bits per heavy atom. The van der Waals surface area contributed by atoms with Crippen LogP contribution in [0.2, 0.25) is 0 Å². The summed E-state index contributed by atoms with van der Waals surface area (Å²) in [6.45, 7) is 23.0. The molecule has 8 heteroatoms. The Labute approximate surface area is 171 Å². The Morgan fingerprint density at radius 1 is 0.786 bits per heavy atom. The van der Waals surface area contributed by atoms with Crippen molar-refractivity contribution in [2.45, 2.75) is 6.61 Å². The van der Waals surface area contributed by atoms with Crippen LogP contribution >= 0.6 is 0 Å². The van der Waals surface area contributed by atoms with Gasteiger partial charge >= 0.3 is 172 Å². The summed E-state index contributed by atoms with van der Waals surface area (Å²) < 4.78 is 49.2. The third-order valence-electron chi connectivity index (χ3n) is 2.51. The van der Waals surface area contributed by atoms with E-state index in [1.165, 1.54) is 0 Å². The van der Waals surface area contributed by atoms with Gasteiger partial charge in [-0.2, -0.15) is 0 Å². The molecule has 0 radical (unpaired) electrons. The van der Waals surface area contributed by atoms with E-state index in [0.717, 1.165) is 21.4 Å². The molecule has 0 aliphatic heterocycles. The van der Waals surface area contributed by atoms with Crippen molar-refractivity contribution in [3.63, 3.8) is 0 Å². The molecule has 2 rings (SSSR count). The molecule has 0 atom stereocenters. The maximum absolute atomic E-state index is 7.50. The molecule has 28 heavy (non-hydrogen) atoms. The van der Waals surface area contributed by atoms with Crippen LogP contribution in [0.4, 0.5) is 0 Å². The van der Waals surface area contributed by atoms with Crippen LogP contribution in [0.3, 0.4) is 0 Å². The average Bonchev–Trinajstić information content (AvgIpc) is 2.84. The van der Waals surface area contributed by atoms with Gasteiger partial charge in [-0.25, -0.2) is 0 Å². The molecule has 2 aromatic carbocycles. The van der Waals surface area contributed by atoms with Crippen LogP contribution in [-0.4, -0.2) is 11.7 Å². The number of methoxy groups -OCH3 is 1. The van der Waals surface area contributed by atoms with Crippen LogP contribution in [0.1, 0.15) is 11.1 Å². The third-order valence-corrected chi connectivity index (χ3v) is 3.07. The van der Waals surface area contributed by atoms with Gasteiger partial charge in [0.25, 0.3) is 0 Å². The molecule has 2 aromatic rings. The van der Waals surface area contributed by atoms with Crippen molar-refractivity contribution >= 4 is 4.57 Å². The van der Waals surface area contributed by atoms with Gasteiger partial charge in [-0.05, 0) is 0 Å². The first-order valence-electron chi connectivity index (χ1n) is 6.67. The SMILES string of the molecule is COc1cccc(CO[C](=[Cr])c2ccccc2)c1.[C-]#[O+].[C-]#[O+].[C-]#[O+].[C-]#[O+].[C-]#[O+]. The molecule has 0 saturated carbocycles. The molecule has 0 unspecified atom stereocenters. The van der Waals surface area contributed by atoms with Crippen LogP contribution in [-0.2, 0) is 50.5 Å². The fourth-order valence-corrected chi connectivity index (χ4v) is 1.87. The van der Waals surface area contributed by atoms with Gasteiger partial charge in [0.1, 0.15) is 0 Å². The minimum atomic E-state index is 0.522. The summed E-state index contributed by atoms with van der Waals surface area (Å²) in [4.78, 5) is 0. The first kappa shape index (κ1) is 32.9. The van der Waals surface area contributed by atoms with E-state index in [1.807, 2.05) is 54.6 Å². The van der Waals surface area contributed by atoms with Crippen molar-refractivity contribution in [2.75, 3.05) is 7.11 Å². The van der Waals surface area contributed by atoms with Gasteiger partial charge in [0.05, 0.1) is 0 Å². The van der Waals surface area contributed by atoms with E-state index in [1.54, 1.807) is 7.11 Å². The van der Waals surface area contributed by atoms with Crippen molar-refractivity contribution < 1.29 is 48.6 Å². The van der Waals surface area contributed by atoms with Crippen LogP contribution in [0.5, 0.6) is 5.75 Å². The Balaban J connectivity index is -0.000000251. The average molecular weight is 418 g/mol. The molecule has 0 saturated heterocycles. The molecular weight excluding hydrogens is 404 g/mol. The minimum absolute atomic E-state index is 0.522. The second-order valence-electron chi connectivity index (χ2n) is 3.79. The number of ether oxygens (including phenoxy) is 2. The zero-order valence-corrected chi connectivity index (χ0v) is 15.9. The van der Waals surface area contributed by atoms with Crippen molar-refractivity contribution in [3.8, 4) is 5.75 Å². The summed E-state index contributed by atoms with van der Waals surface area (Å²) in [5.41, 5.74) is 2.14. The van der Waals surface area contributed by atoms with Crippen LogP contribution in [0.15, 0.2) is 54.6 Å². The number of rotatable bonds is 5. The van der Waals surface area contributed by atoms with E-state index >= 15 is 0 Å². The standard InChI is InChI=1S/C15H14O2.5CO.Cr/c1-16-15-9-5-8-14(10-15)12-17-11-13-6-3-2-4-7-13;5*1-2;/h2-10H,12H2,1H3;;;;;;. The van der Waals surface area contributed by atoms with Gasteiger partial charge in [0, 0.05) is 0 Å². The first-order chi connectivity index (χ1) is 13.8.